The van der Waals surface area contributed by atoms with Crippen molar-refractivity contribution in [2.75, 3.05) is 0 Å². The Labute approximate surface area is 194 Å². The van der Waals surface area contributed by atoms with Gasteiger partial charge in [0, 0.05) is 35.3 Å². The Balaban J connectivity index is 1.44. The zero-order valence-electron chi connectivity index (χ0n) is 19.4. The fraction of sp³-hybridized carbons (Fsp3) is 0.207. The second kappa shape index (κ2) is 8.28. The van der Waals surface area contributed by atoms with Crippen LogP contribution < -0.4 is 9.47 Å². The Morgan fingerprint density at radius 1 is 1.00 bits per heavy atom. The molecule has 1 aliphatic rings. The van der Waals surface area contributed by atoms with Crippen LogP contribution in [0.4, 0.5) is 0 Å². The van der Waals surface area contributed by atoms with E-state index < -0.39 is 0 Å². The predicted octanol–water partition coefficient (Wildman–Crippen LogP) is 6.78. The van der Waals surface area contributed by atoms with E-state index in [4.69, 9.17) is 9.47 Å². The lowest BCUT2D eigenvalue weighted by Crippen LogP contribution is -2.00. The molecule has 0 fully saturated rings. The van der Waals surface area contributed by atoms with Gasteiger partial charge in [-0.2, -0.15) is 0 Å². The molecule has 0 amide bonds. The van der Waals surface area contributed by atoms with E-state index in [1.165, 1.54) is 11.1 Å². The quantitative estimate of drug-likeness (QED) is 0.323. The number of ether oxygens (including phenoxy) is 2. The lowest BCUT2D eigenvalue weighted by Gasteiger charge is -2.11. The van der Waals surface area contributed by atoms with Gasteiger partial charge < -0.3 is 14.0 Å². The second-order valence-corrected chi connectivity index (χ2v) is 8.66. The third kappa shape index (κ3) is 3.82. The summed E-state index contributed by atoms with van der Waals surface area (Å²) in [7, 11) is 0. The van der Waals surface area contributed by atoms with Gasteiger partial charge in [-0.25, -0.2) is 0 Å². The third-order valence-electron chi connectivity index (χ3n) is 6.29. The number of nitrogens with zero attached hydrogens (tertiary/aromatic N) is 1. The molecule has 5 rings (SSSR count). The molecule has 0 saturated carbocycles. The van der Waals surface area contributed by atoms with Crippen LogP contribution in [-0.4, -0.2) is 10.4 Å². The minimum Gasteiger partial charge on any atom is -0.489 e. The first-order valence-electron chi connectivity index (χ1n) is 11.3. The molecular weight excluding hydrogens is 410 g/mol. The van der Waals surface area contributed by atoms with Crippen molar-refractivity contribution in [3.63, 3.8) is 0 Å². The van der Waals surface area contributed by atoms with E-state index in [2.05, 4.69) is 61.9 Å². The van der Waals surface area contributed by atoms with E-state index in [1.54, 1.807) is 0 Å². The highest BCUT2D eigenvalue weighted by Crippen LogP contribution is 2.38. The minimum absolute atomic E-state index is 0.0862. The Bertz CT molecular complexity index is 1420. The molecule has 1 aromatic heterocycles. The predicted molar refractivity (Wildman–Crippen MR) is 132 cm³/mol. The van der Waals surface area contributed by atoms with Crippen LogP contribution in [0.15, 0.2) is 66.6 Å². The van der Waals surface area contributed by atoms with Gasteiger partial charge in [-0.3, -0.25) is 4.79 Å². The van der Waals surface area contributed by atoms with Crippen LogP contribution in [-0.2, 0) is 13.2 Å². The average Bonchev–Trinajstić information content (AvgIpc) is 3.32. The van der Waals surface area contributed by atoms with Gasteiger partial charge in [0.2, 0.25) is 5.78 Å². The van der Waals surface area contributed by atoms with Crippen molar-refractivity contribution < 1.29 is 14.3 Å². The van der Waals surface area contributed by atoms with Gasteiger partial charge in [0.25, 0.3) is 0 Å². The number of fused-ring (bicyclic) bond motifs is 2. The number of hydrogen-bond donors (Lipinski definition) is 0. The highest BCUT2D eigenvalue weighted by molar-refractivity contribution is 6.16. The normalized spacial score (nSPS) is 14.1. The molecule has 3 aromatic carbocycles. The lowest BCUT2D eigenvalue weighted by molar-refractivity contribution is 0.101. The number of carbonyl (C=O) groups is 1. The van der Waals surface area contributed by atoms with Gasteiger partial charge in [0.1, 0.15) is 18.1 Å². The first-order chi connectivity index (χ1) is 15.9. The monoisotopic (exact) mass is 437 g/mol. The molecule has 0 N–H and O–H groups in total. The van der Waals surface area contributed by atoms with Gasteiger partial charge in [-0.1, -0.05) is 42.0 Å². The molecule has 1 aliphatic heterocycles. The first kappa shape index (κ1) is 21.1. The number of para-hydroxylation sites is 1. The molecule has 0 aliphatic carbocycles. The molecular formula is C29H27NO3. The van der Waals surface area contributed by atoms with Gasteiger partial charge in [0.05, 0.1) is 5.56 Å². The second-order valence-electron chi connectivity index (χ2n) is 8.66. The third-order valence-corrected chi connectivity index (χ3v) is 6.29. The highest BCUT2D eigenvalue weighted by Gasteiger charge is 2.30. The number of hydrogen-bond acceptors (Lipinski definition) is 3. The number of carbonyl (C=O) groups excluding carboxylic acids is 1. The van der Waals surface area contributed by atoms with Crippen molar-refractivity contribution in [2.45, 2.75) is 40.8 Å². The molecule has 166 valence electrons. The molecule has 0 saturated heterocycles. The highest BCUT2D eigenvalue weighted by atomic mass is 16.5. The molecule has 0 radical (unpaired) electrons. The number of rotatable bonds is 5. The van der Waals surface area contributed by atoms with Gasteiger partial charge in [0.15, 0.2) is 5.76 Å². The topological polar surface area (TPSA) is 40.5 Å². The van der Waals surface area contributed by atoms with E-state index >= 15 is 0 Å². The molecule has 4 heteroatoms. The summed E-state index contributed by atoms with van der Waals surface area (Å²) in [5.41, 5.74) is 7.14. The molecule has 33 heavy (non-hydrogen) atoms. The van der Waals surface area contributed by atoms with E-state index in [1.807, 2.05) is 37.3 Å². The van der Waals surface area contributed by atoms with Crippen LogP contribution >= 0.6 is 0 Å². The molecule has 4 aromatic rings. The maximum absolute atomic E-state index is 13.2. The number of aryl methyl sites for hydroxylation is 4. The number of Topliss-reactive ketones (excluding diaryl/α,β-unsaturated/α-hetero) is 1. The zero-order chi connectivity index (χ0) is 23.1. The van der Waals surface area contributed by atoms with Crippen molar-refractivity contribution in [1.29, 1.82) is 0 Å². The molecule has 0 bridgehead atoms. The summed E-state index contributed by atoms with van der Waals surface area (Å²) in [6.07, 6.45) is 3.93. The Hall–Kier alpha value is -3.79. The molecule has 2 heterocycles. The van der Waals surface area contributed by atoms with Crippen LogP contribution in [0.3, 0.4) is 0 Å². The molecule has 0 unspecified atom stereocenters. The van der Waals surface area contributed by atoms with Crippen molar-refractivity contribution in [1.82, 2.24) is 4.57 Å². The van der Waals surface area contributed by atoms with Crippen LogP contribution in [0, 0.1) is 20.8 Å². The van der Waals surface area contributed by atoms with Crippen LogP contribution in [0.25, 0.3) is 17.0 Å². The van der Waals surface area contributed by atoms with E-state index in [0.717, 1.165) is 34.1 Å². The van der Waals surface area contributed by atoms with E-state index in [0.29, 0.717) is 29.4 Å². The van der Waals surface area contributed by atoms with E-state index in [9.17, 15) is 4.79 Å². The zero-order valence-corrected chi connectivity index (χ0v) is 19.4. The smallest absolute Gasteiger partial charge is 0.232 e. The summed E-state index contributed by atoms with van der Waals surface area (Å²) in [6, 6.07) is 18.3. The number of ketones is 1. The summed E-state index contributed by atoms with van der Waals surface area (Å²) in [6.45, 7) is 9.53. The number of aromatic nitrogens is 1. The Morgan fingerprint density at radius 2 is 1.82 bits per heavy atom. The fourth-order valence-corrected chi connectivity index (χ4v) is 4.47. The number of benzene rings is 3. The SMILES string of the molecule is CCn1cc(/C=C2\Oc3cc(OCc4cc(C)ccc4C)cc(C)c3C2=O)c2ccccc21. The lowest BCUT2D eigenvalue weighted by atomic mass is 10.0. The van der Waals surface area contributed by atoms with Crippen LogP contribution in [0.2, 0.25) is 0 Å². The van der Waals surface area contributed by atoms with Gasteiger partial charge in [-0.15, -0.1) is 0 Å². The van der Waals surface area contributed by atoms with Crippen molar-refractivity contribution in [2.24, 2.45) is 0 Å². The summed E-state index contributed by atoms with van der Waals surface area (Å²) in [5.74, 6) is 1.51. The molecule has 4 nitrogen and oxygen atoms in total. The Morgan fingerprint density at radius 3 is 2.64 bits per heavy atom. The summed E-state index contributed by atoms with van der Waals surface area (Å²) >= 11 is 0. The van der Waals surface area contributed by atoms with E-state index in [-0.39, 0.29) is 5.78 Å². The molecule has 0 atom stereocenters. The standard InChI is InChI=1S/C29H27NO3/c1-5-30-16-21(24-8-6-7-9-25(24)30)14-27-29(31)28-20(4)13-23(15-26(28)33-27)32-17-22-12-18(2)10-11-19(22)3/h6-16H,5,17H2,1-4H3/b27-14-. The Kier molecular flexibility index (Phi) is 5.29. The maximum atomic E-state index is 13.2. The van der Waals surface area contributed by atoms with Crippen molar-refractivity contribution in [3.05, 3.63) is 99.9 Å². The minimum atomic E-state index is -0.0862. The summed E-state index contributed by atoms with van der Waals surface area (Å²) in [4.78, 5) is 13.2. The van der Waals surface area contributed by atoms with Gasteiger partial charge >= 0.3 is 0 Å². The van der Waals surface area contributed by atoms with Crippen molar-refractivity contribution >= 4 is 22.8 Å². The van der Waals surface area contributed by atoms with Gasteiger partial charge in [-0.05, 0) is 62.6 Å². The fourth-order valence-electron chi connectivity index (χ4n) is 4.47. The van der Waals surface area contributed by atoms with Crippen LogP contribution in [0.5, 0.6) is 11.5 Å². The number of allylic oxidation sites excluding steroid dienone is 1. The average molecular weight is 438 g/mol. The van der Waals surface area contributed by atoms with Crippen LogP contribution in [0.1, 0.15) is 45.1 Å². The summed E-state index contributed by atoms with van der Waals surface area (Å²) in [5, 5.41) is 1.11. The molecule has 0 spiro atoms. The van der Waals surface area contributed by atoms with Crippen molar-refractivity contribution in [3.8, 4) is 11.5 Å². The summed E-state index contributed by atoms with van der Waals surface area (Å²) < 4.78 is 14.3. The maximum Gasteiger partial charge on any atom is 0.232 e. The largest absolute Gasteiger partial charge is 0.489 e. The first-order valence-corrected chi connectivity index (χ1v) is 11.3.